The van der Waals surface area contributed by atoms with E-state index in [1.165, 1.54) is 92.4 Å². The first kappa shape index (κ1) is 108. The van der Waals surface area contributed by atoms with Gasteiger partial charge in [0.15, 0.2) is 16.9 Å². The first-order valence-corrected chi connectivity index (χ1v) is 50.2. The quantitative estimate of drug-likeness (QED) is 0.0186. The van der Waals surface area contributed by atoms with Crippen molar-refractivity contribution in [1.29, 1.82) is 0 Å². The third kappa shape index (κ3) is 28.0. The van der Waals surface area contributed by atoms with E-state index < -0.39 is 40.9 Å². The Morgan fingerprint density at radius 1 is 0.429 bits per heavy atom. The molecule has 28 nitrogen and oxygen atoms in total. The first-order chi connectivity index (χ1) is 71.1. The van der Waals surface area contributed by atoms with Crippen LogP contribution < -0.4 is 15.5 Å². The van der Waals surface area contributed by atoms with Gasteiger partial charge in [-0.05, 0) is 276 Å². The number of carbonyl (C=O) groups is 3. The zero-order chi connectivity index (χ0) is 102. The molecule has 740 valence electrons. The molecule has 0 unspecified atom stereocenters. The van der Waals surface area contributed by atoms with Crippen LogP contribution in [0, 0.1) is 17.8 Å². The molecule has 0 radical (unpaired) electrons. The highest BCUT2D eigenvalue weighted by Crippen LogP contribution is 2.44. The van der Waals surface area contributed by atoms with Crippen LogP contribution in [0.3, 0.4) is 0 Å². The summed E-state index contributed by atoms with van der Waals surface area (Å²) in [6.45, 7) is 7.36. The lowest BCUT2D eigenvalue weighted by molar-refractivity contribution is -0.0760. The normalized spacial score (nSPS) is 13.0. The smallest absolute Gasteiger partial charge is 0.377 e. The number of anilines is 1. The lowest BCUT2D eigenvalue weighted by Crippen LogP contribution is -2.51. The Bertz CT molecular complexity index is 7540. The van der Waals surface area contributed by atoms with E-state index in [9.17, 15) is 32.6 Å². The highest BCUT2D eigenvalue weighted by atomic mass is 79.9. The fraction of sp³-hybridized carbons (Fsp3) is 0.119. The summed E-state index contributed by atoms with van der Waals surface area (Å²) in [4.78, 5) is 93.6. The molecule has 2 saturated heterocycles. The Hall–Kier alpha value is -14.5. The molecule has 38 heteroatoms. The topological polar surface area (TPSA) is 344 Å². The number of nitrogens with one attached hydrogen (secondary N) is 4. The van der Waals surface area contributed by atoms with Crippen LogP contribution in [0.15, 0.2) is 398 Å². The molecule has 2 aliphatic rings. The molecule has 5 N–H and O–H groups in total. The fourth-order valence-corrected chi connectivity index (χ4v) is 18.2. The van der Waals surface area contributed by atoms with Crippen LogP contribution in [0.25, 0.3) is 67.3 Å². The van der Waals surface area contributed by atoms with E-state index >= 15 is 0 Å². The average molecular weight is 2350 g/mol. The van der Waals surface area contributed by atoms with Crippen LogP contribution in [-0.4, -0.2) is 183 Å². The molecule has 0 saturated carbocycles. The minimum absolute atomic E-state index is 0. The maximum Gasteiger partial charge on any atom is 0.377 e. The molecule has 2 fully saturated rings. The monoisotopic (exact) mass is 2350 g/mol. The van der Waals surface area contributed by atoms with Crippen LogP contribution >= 0.6 is 95.6 Å². The lowest BCUT2D eigenvalue weighted by Gasteiger charge is -2.37. The third-order valence-electron chi connectivity index (χ3n) is 22.7. The number of halogens is 9. The number of H-pyrrole nitrogens is 2. The first-order valence-electron chi connectivity index (χ1n) is 45.4. The SMILES string of the molecule is Brc1cccc(-c2[nH]nc3ncccc23)n1.Brc1cccc(-c2nn(C(c3ccccc3)(c3ccccc3)c3ccccc3)c3ncccc23)n1.Brc1cccc(Br)n1.C.CB(O)N1CCNC[C@H]1c1ccccc1.CON(C)C(=O)c1cccnc1F.O=C(c1cccc(Br)n1)c1cccnc1F.O=C(c1cccc(Br)n1)c1cccnc1F.c1ccc([C@@H]2CN(c3cccc(-c4[nH]nc5ncccc45)n3)CCN2)cc1. The highest BCUT2D eigenvalue weighted by molar-refractivity contribution is 9.11. The van der Waals surface area contributed by atoms with Crippen molar-refractivity contribution in [3.8, 4) is 34.2 Å². The second-order valence-corrected chi connectivity index (χ2v) is 36.8. The summed E-state index contributed by atoms with van der Waals surface area (Å²) >= 11 is 19.6. The van der Waals surface area contributed by atoms with Crippen LogP contribution in [0.2, 0.25) is 6.82 Å². The number of carbonyl (C=O) groups excluding carboxylic acids is 3. The van der Waals surface area contributed by atoms with Gasteiger partial charge >= 0.3 is 7.05 Å². The van der Waals surface area contributed by atoms with Crippen molar-refractivity contribution in [2.75, 3.05) is 58.3 Å². The number of hydrogen-bond donors (Lipinski definition) is 5. The zero-order valence-electron chi connectivity index (χ0n) is 78.2. The van der Waals surface area contributed by atoms with Gasteiger partial charge in [-0.25, -0.2) is 69.6 Å². The molecule has 5 aromatic carbocycles. The Morgan fingerprint density at radius 2 is 0.830 bits per heavy atom. The second-order valence-electron chi connectivity index (χ2n) is 32.0. The van der Waals surface area contributed by atoms with Gasteiger partial charge in [0.05, 0.1) is 52.3 Å². The molecule has 15 aromatic heterocycles. The maximum atomic E-state index is 13.3. The van der Waals surface area contributed by atoms with Crippen molar-refractivity contribution in [1.82, 2.24) is 110 Å². The van der Waals surface area contributed by atoms with E-state index in [0.29, 0.717) is 32.6 Å². The van der Waals surface area contributed by atoms with Gasteiger partial charge in [0.1, 0.15) is 56.1 Å². The van der Waals surface area contributed by atoms with Gasteiger partial charge in [0, 0.05) is 112 Å². The van der Waals surface area contributed by atoms with Gasteiger partial charge in [-0.2, -0.15) is 28.5 Å². The van der Waals surface area contributed by atoms with Gasteiger partial charge < -0.3 is 25.4 Å². The molecule has 0 aliphatic carbocycles. The number of nitrogens with zero attached hydrogens (tertiary/aromatic N) is 19. The summed E-state index contributed by atoms with van der Waals surface area (Å²) < 4.78 is 45.8. The molecular formula is C109H93BBr6F3N23O5. The molecule has 2 aliphatic heterocycles. The van der Waals surface area contributed by atoms with Crippen LogP contribution in [-0.2, 0) is 10.4 Å². The number of hydrogen-bond acceptors (Lipinski definition) is 24. The van der Waals surface area contributed by atoms with Crippen molar-refractivity contribution in [2.24, 2.45) is 0 Å². The number of aromatic amines is 2. The van der Waals surface area contributed by atoms with E-state index in [1.54, 1.807) is 36.7 Å². The molecule has 0 bridgehead atoms. The molecular weight excluding hydrogens is 2260 g/mol. The maximum absolute atomic E-state index is 13.3. The van der Waals surface area contributed by atoms with Crippen molar-refractivity contribution >= 4 is 159 Å². The van der Waals surface area contributed by atoms with E-state index in [4.69, 9.17) is 20.1 Å². The Kier molecular flexibility index (Phi) is 39.4. The summed E-state index contributed by atoms with van der Waals surface area (Å²) in [5.74, 6) is -2.89. The van der Waals surface area contributed by atoms with Gasteiger partial charge in [0.25, 0.3) is 5.91 Å². The Morgan fingerprint density at radius 3 is 1.29 bits per heavy atom. The number of amides is 1. The Balaban J connectivity index is 0.000000137. The molecule has 20 aromatic rings. The number of aromatic nitrogens is 18. The number of hydroxylamine groups is 2. The summed E-state index contributed by atoms with van der Waals surface area (Å²) in [5, 5.41) is 40.3. The average Bonchev–Trinajstić information content (AvgIpc) is 1.62. The van der Waals surface area contributed by atoms with Crippen LogP contribution in [0.1, 0.15) is 89.8 Å². The van der Waals surface area contributed by atoms with E-state index in [1.807, 2.05) is 140 Å². The standard InChI is InChI=1S/C30H21BrN4.C21H20N6.C11H17BN2O.2C11H6BrFN2O.C11H7BrN4.C8H9FN2O2.C5H3Br2N.CH4/c31-27-20-10-19-26(33-27)28-25-18-11-21-32-29(25)35(34-28)30(22-12-4-1-5-13-22,23-14-6-2-7-15-23)24-16-8-3-9-17-24;1-2-6-15(7-3-1)18-14-27(13-12-22-18)19-10-4-9-17(24-19)20-16-8-5-11-23-21(16)26-25-20;1-12(15)14-8-7-13-9-11(14)10-5-3-2-4-6-10;2*12-9-5-1-4-8(15-9)10(16)7-3-2-6-14-11(7)13;12-9-5-1-4-8(14-9)10-7-3-2-6-13-11(7)16-15-10;1-11(13-2)8(12)6-4-3-5-10-7(6)9;6-4-2-1-3-5(7)8-4;/h1-21H;1-11,18,22H,12-14H2,(H,23,25,26);2-6,11,13,15H,7-9H2,1H3;2*1-6H;1-6H,(H,13,15,16);3-5H,1-2H3;1-3H;1H4/t;18-;11-;;;;;;/m.00....../s1. The van der Waals surface area contributed by atoms with Crippen molar-refractivity contribution in [3.63, 3.8) is 0 Å². The number of fused-ring (bicyclic) bond motifs is 3. The summed E-state index contributed by atoms with van der Waals surface area (Å²) in [6, 6.07) is 107. The predicted molar refractivity (Wildman–Crippen MR) is 586 cm³/mol. The fourth-order valence-electron chi connectivity index (χ4n) is 15.9. The van der Waals surface area contributed by atoms with Gasteiger partial charge in [-0.1, -0.05) is 195 Å². The summed E-state index contributed by atoms with van der Waals surface area (Å²) in [5.41, 5.74) is 12.6. The molecule has 2 atom stereocenters. The minimum Gasteiger partial charge on any atom is -0.437 e. The third-order valence-corrected chi connectivity index (χ3v) is 25.3. The molecule has 0 spiro atoms. The zero-order valence-corrected chi connectivity index (χ0v) is 87.7. The van der Waals surface area contributed by atoms with Crippen molar-refractivity contribution < 1.29 is 37.4 Å². The number of ketones is 2. The van der Waals surface area contributed by atoms with Crippen LogP contribution in [0.5, 0.6) is 0 Å². The summed E-state index contributed by atoms with van der Waals surface area (Å²) in [7, 11) is 2.35. The van der Waals surface area contributed by atoms with Crippen LogP contribution in [0.4, 0.5) is 19.0 Å². The molecule has 1 amide bonds. The largest absolute Gasteiger partial charge is 0.437 e. The number of pyridine rings is 12. The van der Waals surface area contributed by atoms with Crippen molar-refractivity contribution in [2.45, 2.75) is 31.9 Å². The van der Waals surface area contributed by atoms with E-state index in [0.717, 1.165) is 141 Å². The van der Waals surface area contributed by atoms with Crippen molar-refractivity contribution in [3.05, 3.63) is 472 Å². The van der Waals surface area contributed by atoms with E-state index in [-0.39, 0.29) is 42.6 Å². The molecule has 147 heavy (non-hydrogen) atoms. The number of rotatable bonds is 17. The van der Waals surface area contributed by atoms with Gasteiger partial charge in [0.2, 0.25) is 29.4 Å². The summed E-state index contributed by atoms with van der Waals surface area (Å²) in [6.07, 6.45) is 9.16. The highest BCUT2D eigenvalue weighted by Gasteiger charge is 2.42. The predicted octanol–water partition coefficient (Wildman–Crippen LogP) is 23.1. The molecule has 17 heterocycles. The number of benzene rings is 5. The number of piperazine rings is 2. The van der Waals surface area contributed by atoms with Gasteiger partial charge in [-0.3, -0.25) is 29.4 Å². The Labute approximate surface area is 896 Å². The second kappa shape index (κ2) is 53.5. The van der Waals surface area contributed by atoms with Gasteiger partial charge in [-0.15, -0.1) is 0 Å². The molecule has 22 rings (SSSR count). The van der Waals surface area contributed by atoms with E-state index in [2.05, 4.69) is 324 Å². The lowest BCUT2D eigenvalue weighted by atomic mass is 9.77. The minimum atomic E-state index is -0.795.